The van der Waals surface area contributed by atoms with E-state index >= 15 is 0 Å². The molecule has 0 radical (unpaired) electrons. The highest BCUT2D eigenvalue weighted by Gasteiger charge is 2.35. The Balaban J connectivity index is 1.55. The van der Waals surface area contributed by atoms with Crippen molar-refractivity contribution in [1.29, 1.82) is 0 Å². The molecule has 7 nitrogen and oxygen atoms in total. The molecule has 10 heteroatoms. The number of hydrogen-bond acceptors (Lipinski definition) is 6. The van der Waals surface area contributed by atoms with Crippen molar-refractivity contribution in [1.82, 2.24) is 15.3 Å². The minimum absolute atomic E-state index is 0.154. The largest absolute Gasteiger partial charge is 0.496 e. The van der Waals surface area contributed by atoms with Gasteiger partial charge in [0.15, 0.2) is 0 Å². The predicted octanol–water partition coefficient (Wildman–Crippen LogP) is 2.80. The second-order valence-corrected chi connectivity index (χ2v) is 7.44. The molecule has 168 valence electrons. The van der Waals surface area contributed by atoms with Gasteiger partial charge < -0.3 is 20.5 Å². The lowest BCUT2D eigenvalue weighted by Crippen LogP contribution is -2.44. The van der Waals surface area contributed by atoms with E-state index in [0.29, 0.717) is 25.8 Å². The van der Waals surface area contributed by atoms with Gasteiger partial charge in [-0.15, -0.1) is 0 Å². The summed E-state index contributed by atoms with van der Waals surface area (Å²) in [5.74, 6) is 0.00178. The van der Waals surface area contributed by atoms with Gasteiger partial charge in [-0.25, -0.2) is 9.97 Å². The van der Waals surface area contributed by atoms with Gasteiger partial charge in [-0.1, -0.05) is 18.2 Å². The Hall–Kier alpha value is -2.88. The molecule has 0 aliphatic heterocycles. The molecule has 0 saturated heterocycles. The summed E-state index contributed by atoms with van der Waals surface area (Å²) in [5, 5.41) is 15.9. The van der Waals surface area contributed by atoms with Gasteiger partial charge in [-0.3, -0.25) is 4.79 Å². The number of halogens is 3. The van der Waals surface area contributed by atoms with Gasteiger partial charge in [0, 0.05) is 18.7 Å². The molecule has 3 rings (SSSR count). The number of aliphatic hydroxyl groups is 1. The zero-order valence-corrected chi connectivity index (χ0v) is 17.0. The van der Waals surface area contributed by atoms with E-state index in [4.69, 9.17) is 4.74 Å². The second kappa shape index (κ2) is 9.95. The number of alkyl halides is 3. The summed E-state index contributed by atoms with van der Waals surface area (Å²) in [6, 6.07) is 7.70. The molecule has 0 bridgehead atoms. The van der Waals surface area contributed by atoms with E-state index in [0.717, 1.165) is 23.6 Å². The third-order valence-electron chi connectivity index (χ3n) is 5.33. The zero-order chi connectivity index (χ0) is 22.4. The molecule has 1 amide bonds. The number of carbonyl (C=O) groups excluding carboxylic acids is 1. The molecular formula is C21H25F3N4O3. The fourth-order valence-corrected chi connectivity index (χ4v) is 3.67. The van der Waals surface area contributed by atoms with Crippen molar-refractivity contribution in [3.63, 3.8) is 0 Å². The van der Waals surface area contributed by atoms with E-state index in [1.54, 1.807) is 7.11 Å². The van der Waals surface area contributed by atoms with Gasteiger partial charge in [0.05, 0.1) is 19.3 Å². The minimum Gasteiger partial charge on any atom is -0.496 e. The quantitative estimate of drug-likeness (QED) is 0.615. The lowest BCUT2D eigenvalue weighted by atomic mass is 9.83. The smallest absolute Gasteiger partial charge is 0.433 e. The number of ether oxygens (including phenoxy) is 1. The Morgan fingerprint density at radius 3 is 2.77 bits per heavy atom. The highest BCUT2D eigenvalue weighted by molar-refractivity contribution is 5.78. The number of para-hydroxylation sites is 1. The van der Waals surface area contributed by atoms with Crippen molar-refractivity contribution in [2.24, 2.45) is 5.92 Å². The van der Waals surface area contributed by atoms with Crippen LogP contribution in [-0.2, 0) is 17.4 Å². The van der Waals surface area contributed by atoms with Crippen LogP contribution in [0.1, 0.15) is 30.5 Å². The molecule has 1 aliphatic rings. The average molecular weight is 438 g/mol. The monoisotopic (exact) mass is 438 g/mol. The Labute approximate surface area is 178 Å². The number of carbonyl (C=O) groups is 1. The molecule has 1 heterocycles. The van der Waals surface area contributed by atoms with Crippen LogP contribution in [0, 0.1) is 5.92 Å². The maximum Gasteiger partial charge on any atom is 0.433 e. The van der Waals surface area contributed by atoms with Crippen LogP contribution >= 0.6 is 0 Å². The Bertz CT molecular complexity index is 894. The second-order valence-electron chi connectivity index (χ2n) is 7.44. The molecule has 31 heavy (non-hydrogen) atoms. The van der Waals surface area contributed by atoms with Crippen molar-refractivity contribution in [3.05, 3.63) is 47.8 Å². The molecular weight excluding hydrogens is 413 g/mol. The highest BCUT2D eigenvalue weighted by atomic mass is 19.4. The van der Waals surface area contributed by atoms with E-state index in [-0.39, 0.29) is 24.2 Å². The van der Waals surface area contributed by atoms with Gasteiger partial charge in [-0.2, -0.15) is 13.2 Å². The van der Waals surface area contributed by atoms with Crippen LogP contribution < -0.4 is 15.4 Å². The molecule has 3 N–H and O–H groups in total. The van der Waals surface area contributed by atoms with E-state index in [1.165, 1.54) is 0 Å². The van der Waals surface area contributed by atoms with E-state index < -0.39 is 24.0 Å². The minimum atomic E-state index is -4.59. The maximum atomic E-state index is 12.9. The van der Waals surface area contributed by atoms with Gasteiger partial charge in [0.2, 0.25) is 11.9 Å². The van der Waals surface area contributed by atoms with Gasteiger partial charge in [-0.05, 0) is 43.4 Å². The number of benzene rings is 1. The maximum absolute atomic E-state index is 12.9. The summed E-state index contributed by atoms with van der Waals surface area (Å²) >= 11 is 0. The first-order valence-corrected chi connectivity index (χ1v) is 10.0. The summed E-state index contributed by atoms with van der Waals surface area (Å²) in [4.78, 5) is 19.9. The average Bonchev–Trinajstić information content (AvgIpc) is 2.75. The van der Waals surface area contributed by atoms with Crippen LogP contribution in [0.15, 0.2) is 36.5 Å². The van der Waals surface area contributed by atoms with Crippen molar-refractivity contribution >= 4 is 11.9 Å². The molecule has 1 aromatic carbocycles. The molecule has 0 spiro atoms. The van der Waals surface area contributed by atoms with Crippen molar-refractivity contribution in [2.75, 3.05) is 19.0 Å². The number of hydrogen-bond donors (Lipinski definition) is 3. The van der Waals surface area contributed by atoms with Crippen LogP contribution in [0.25, 0.3) is 0 Å². The van der Waals surface area contributed by atoms with E-state index in [2.05, 4.69) is 20.6 Å². The molecule has 1 saturated carbocycles. The summed E-state index contributed by atoms with van der Waals surface area (Å²) in [5.41, 5.74) is -0.0912. The number of methoxy groups -OCH3 is 1. The van der Waals surface area contributed by atoms with Gasteiger partial charge in [0.25, 0.3) is 0 Å². The third-order valence-corrected chi connectivity index (χ3v) is 5.33. The SMILES string of the molecule is COc1ccccc1CCNC(=O)[C@H]1CC[C@@H](O)[C@H](Nc2nccc(C(F)(F)F)n2)C1. The third kappa shape index (κ3) is 6.06. The lowest BCUT2D eigenvalue weighted by molar-refractivity contribution is -0.141. The Morgan fingerprint density at radius 1 is 1.26 bits per heavy atom. The van der Waals surface area contributed by atoms with Crippen molar-refractivity contribution in [3.8, 4) is 5.75 Å². The number of nitrogens with zero attached hydrogens (tertiary/aromatic N) is 2. The van der Waals surface area contributed by atoms with Gasteiger partial charge in [0.1, 0.15) is 11.4 Å². The molecule has 1 aliphatic carbocycles. The predicted molar refractivity (Wildman–Crippen MR) is 108 cm³/mol. The summed E-state index contributed by atoms with van der Waals surface area (Å²) in [6.45, 7) is 0.424. The Kier molecular flexibility index (Phi) is 7.32. The fourth-order valence-electron chi connectivity index (χ4n) is 3.67. The highest BCUT2D eigenvalue weighted by Crippen LogP contribution is 2.29. The number of amides is 1. The lowest BCUT2D eigenvalue weighted by Gasteiger charge is -2.33. The molecule has 3 atom stereocenters. The molecule has 0 unspecified atom stereocenters. The Morgan fingerprint density at radius 2 is 2.03 bits per heavy atom. The number of aliphatic hydroxyl groups excluding tert-OH is 1. The first-order valence-electron chi connectivity index (χ1n) is 10.0. The van der Waals surface area contributed by atoms with E-state index in [9.17, 15) is 23.1 Å². The first-order chi connectivity index (χ1) is 14.8. The van der Waals surface area contributed by atoms with Crippen LogP contribution in [0.5, 0.6) is 5.75 Å². The summed E-state index contributed by atoms with van der Waals surface area (Å²) in [6.07, 6.45) is -2.68. The number of rotatable bonds is 7. The molecule has 1 fully saturated rings. The van der Waals surface area contributed by atoms with Crippen LogP contribution in [0.2, 0.25) is 0 Å². The molecule has 2 aromatic rings. The molecule has 1 aromatic heterocycles. The summed E-state index contributed by atoms with van der Waals surface area (Å²) in [7, 11) is 1.59. The first kappa shape index (κ1) is 22.8. The fraction of sp³-hybridized carbons (Fsp3) is 0.476. The zero-order valence-electron chi connectivity index (χ0n) is 17.0. The topological polar surface area (TPSA) is 96.4 Å². The van der Waals surface area contributed by atoms with Crippen molar-refractivity contribution in [2.45, 2.75) is 44.0 Å². The normalized spacial score (nSPS) is 21.4. The van der Waals surface area contributed by atoms with Gasteiger partial charge >= 0.3 is 6.18 Å². The van der Waals surface area contributed by atoms with Crippen LogP contribution in [0.4, 0.5) is 19.1 Å². The van der Waals surface area contributed by atoms with Crippen LogP contribution in [-0.4, -0.2) is 46.8 Å². The summed E-state index contributed by atoms with van der Waals surface area (Å²) < 4.78 is 43.9. The number of anilines is 1. The van der Waals surface area contributed by atoms with Crippen molar-refractivity contribution < 1.29 is 27.8 Å². The number of nitrogens with one attached hydrogen (secondary N) is 2. The number of aromatic nitrogens is 2. The van der Waals surface area contributed by atoms with Crippen LogP contribution in [0.3, 0.4) is 0 Å². The van der Waals surface area contributed by atoms with E-state index in [1.807, 2.05) is 24.3 Å². The standard InChI is InChI=1S/C21H25F3N4O3/c1-31-17-5-3-2-4-13(17)8-10-25-19(30)14-6-7-16(29)15(12-14)27-20-26-11-9-18(28-20)21(22,23)24/h2-5,9,11,14-16,29H,6-8,10,12H2,1H3,(H,25,30)(H,26,27,28)/t14-,15+,16+/m0/s1.